The van der Waals surface area contributed by atoms with Crippen LogP contribution in [0.3, 0.4) is 0 Å². The number of rotatable bonds is 2. The van der Waals surface area contributed by atoms with Gasteiger partial charge in [-0.1, -0.05) is 67.6 Å². The SMILES string of the molecule is CC1C=CC=C(N2C(=O)c3ccc4c5ccc6c7c(ccc(c8ccc(c3c48)C2=O)c75)C(=O)N(c2ccccc2)C6=O)C=C1. The molecule has 1 unspecified atom stereocenters. The third kappa shape index (κ3) is 3.04. The highest BCUT2D eigenvalue weighted by atomic mass is 16.2. The molecule has 0 saturated carbocycles. The van der Waals surface area contributed by atoms with Crippen molar-refractivity contribution in [3.8, 4) is 0 Å². The molecule has 208 valence electrons. The summed E-state index contributed by atoms with van der Waals surface area (Å²) in [6.07, 6.45) is 9.47. The van der Waals surface area contributed by atoms with Crippen molar-refractivity contribution in [1.29, 1.82) is 0 Å². The zero-order valence-electron chi connectivity index (χ0n) is 23.5. The summed E-state index contributed by atoms with van der Waals surface area (Å²) in [7, 11) is 0. The van der Waals surface area contributed by atoms with Crippen LogP contribution >= 0.6 is 0 Å². The molecular weight excluding hydrogens is 548 g/mol. The van der Waals surface area contributed by atoms with Crippen molar-refractivity contribution in [1.82, 2.24) is 4.90 Å². The van der Waals surface area contributed by atoms with E-state index < -0.39 is 0 Å². The van der Waals surface area contributed by atoms with Crippen molar-refractivity contribution in [3.05, 3.63) is 137 Å². The number of hydrogen-bond donors (Lipinski definition) is 0. The second kappa shape index (κ2) is 8.58. The number of amides is 4. The number of fused-ring (bicyclic) bond motifs is 2. The van der Waals surface area contributed by atoms with Crippen LogP contribution < -0.4 is 4.90 Å². The molecule has 0 fully saturated rings. The number of allylic oxidation sites excluding steroid dienone is 5. The predicted molar refractivity (Wildman–Crippen MR) is 171 cm³/mol. The minimum absolute atomic E-state index is 0.189. The van der Waals surface area contributed by atoms with Crippen LogP contribution in [0.1, 0.15) is 48.4 Å². The zero-order chi connectivity index (χ0) is 29.9. The molecule has 0 bridgehead atoms. The van der Waals surface area contributed by atoms with Crippen LogP contribution in [-0.4, -0.2) is 28.5 Å². The summed E-state index contributed by atoms with van der Waals surface area (Å²) in [5, 5.41) is 6.37. The van der Waals surface area contributed by atoms with E-state index >= 15 is 0 Å². The van der Waals surface area contributed by atoms with Gasteiger partial charge in [-0.05, 0) is 86.8 Å². The molecule has 1 atom stereocenters. The average Bonchev–Trinajstić information content (AvgIpc) is 3.26. The first-order valence-electron chi connectivity index (χ1n) is 14.5. The minimum Gasteiger partial charge on any atom is -0.268 e. The van der Waals surface area contributed by atoms with Gasteiger partial charge in [-0.15, -0.1) is 0 Å². The van der Waals surface area contributed by atoms with Crippen LogP contribution in [0.4, 0.5) is 5.69 Å². The van der Waals surface area contributed by atoms with Gasteiger partial charge in [-0.25, -0.2) is 9.80 Å². The topological polar surface area (TPSA) is 74.8 Å². The first-order chi connectivity index (χ1) is 21.4. The van der Waals surface area contributed by atoms with Gasteiger partial charge in [-0.2, -0.15) is 0 Å². The zero-order valence-corrected chi connectivity index (χ0v) is 23.5. The van der Waals surface area contributed by atoms with Gasteiger partial charge in [0, 0.05) is 33.0 Å². The molecule has 2 heterocycles. The molecule has 9 rings (SSSR count). The van der Waals surface area contributed by atoms with Gasteiger partial charge >= 0.3 is 0 Å². The number of para-hydroxylation sites is 1. The highest BCUT2D eigenvalue weighted by Crippen LogP contribution is 2.46. The van der Waals surface area contributed by atoms with Gasteiger partial charge in [0.05, 0.1) is 11.4 Å². The van der Waals surface area contributed by atoms with Crippen molar-refractivity contribution in [2.75, 3.05) is 4.90 Å². The molecule has 0 saturated heterocycles. The van der Waals surface area contributed by atoms with Crippen LogP contribution in [0.25, 0.3) is 43.1 Å². The van der Waals surface area contributed by atoms with Gasteiger partial charge in [0.2, 0.25) is 0 Å². The Morgan fingerprint density at radius 2 is 0.955 bits per heavy atom. The van der Waals surface area contributed by atoms with E-state index in [0.29, 0.717) is 44.4 Å². The summed E-state index contributed by atoms with van der Waals surface area (Å²) in [6, 6.07) is 23.8. The maximum absolute atomic E-state index is 14.0. The van der Waals surface area contributed by atoms with Crippen molar-refractivity contribution < 1.29 is 19.2 Å². The largest absolute Gasteiger partial charge is 0.268 e. The number of imide groups is 2. The van der Waals surface area contributed by atoms with E-state index in [4.69, 9.17) is 0 Å². The smallest absolute Gasteiger partial charge is 0.265 e. The van der Waals surface area contributed by atoms with Crippen LogP contribution in [-0.2, 0) is 0 Å². The second-order valence-electron chi connectivity index (χ2n) is 11.6. The minimum atomic E-state index is -0.365. The van der Waals surface area contributed by atoms with E-state index in [1.54, 1.807) is 54.6 Å². The van der Waals surface area contributed by atoms with E-state index in [1.807, 2.05) is 61.6 Å². The first-order valence-corrected chi connectivity index (χ1v) is 14.5. The summed E-state index contributed by atoms with van der Waals surface area (Å²) >= 11 is 0. The number of nitrogens with zero attached hydrogens (tertiary/aromatic N) is 2. The summed E-state index contributed by atoms with van der Waals surface area (Å²) < 4.78 is 0. The Morgan fingerprint density at radius 1 is 0.500 bits per heavy atom. The highest BCUT2D eigenvalue weighted by Gasteiger charge is 2.38. The molecule has 6 aromatic rings. The molecule has 6 heteroatoms. The summed E-state index contributed by atoms with van der Waals surface area (Å²) in [4.78, 5) is 58.0. The Hall–Kier alpha value is -5.88. The number of benzene rings is 6. The standard InChI is InChI=1S/C38H22N2O4/c1-20-6-5-9-22(11-10-20)40-37(43)29-18-14-25-23-12-16-27-33-28(36(42)39(35(27)41)21-7-3-2-4-8-21)17-13-24(31(23)33)26-15-19-30(38(40)44)34(29)32(25)26/h2-20H,1H3. The van der Waals surface area contributed by atoms with Crippen molar-refractivity contribution >= 4 is 72.4 Å². The molecule has 0 N–H and O–H groups in total. The number of carbonyl (C=O) groups is 4. The molecule has 6 aromatic carbocycles. The van der Waals surface area contributed by atoms with Crippen molar-refractivity contribution in [3.63, 3.8) is 0 Å². The lowest BCUT2D eigenvalue weighted by molar-refractivity contribution is 0.0666. The summed E-state index contributed by atoms with van der Waals surface area (Å²) in [6.45, 7) is 2.04. The molecular formula is C38H22N2O4. The Labute approximate surface area is 251 Å². The van der Waals surface area contributed by atoms with Crippen molar-refractivity contribution in [2.24, 2.45) is 5.92 Å². The lowest BCUT2D eigenvalue weighted by Crippen LogP contribution is -2.40. The molecule has 0 spiro atoms. The number of hydrogen-bond acceptors (Lipinski definition) is 4. The number of carbonyl (C=O) groups excluding carboxylic acids is 4. The molecule has 2 aliphatic heterocycles. The second-order valence-corrected chi connectivity index (χ2v) is 11.6. The fourth-order valence-electron chi connectivity index (χ4n) is 7.16. The van der Waals surface area contributed by atoms with Crippen molar-refractivity contribution in [2.45, 2.75) is 6.92 Å². The van der Waals surface area contributed by atoms with E-state index in [0.717, 1.165) is 32.3 Å². The molecule has 1 aliphatic carbocycles. The molecule has 4 amide bonds. The summed E-state index contributed by atoms with van der Waals surface area (Å²) in [5.41, 5.74) is 2.92. The van der Waals surface area contributed by atoms with E-state index in [9.17, 15) is 19.2 Å². The normalized spacial score (nSPS) is 17.9. The lowest BCUT2D eigenvalue weighted by Gasteiger charge is -2.30. The van der Waals surface area contributed by atoms with E-state index in [2.05, 4.69) is 0 Å². The molecule has 3 aliphatic rings. The molecule has 6 nitrogen and oxygen atoms in total. The number of anilines is 1. The maximum Gasteiger partial charge on any atom is 0.265 e. The van der Waals surface area contributed by atoms with Gasteiger partial charge in [-0.3, -0.25) is 19.2 Å². The summed E-state index contributed by atoms with van der Waals surface area (Å²) in [5.74, 6) is -1.27. The van der Waals surface area contributed by atoms with Crippen LogP contribution in [0.2, 0.25) is 0 Å². The predicted octanol–water partition coefficient (Wildman–Crippen LogP) is 7.78. The molecule has 0 radical (unpaired) electrons. The lowest BCUT2D eigenvalue weighted by atomic mass is 9.82. The van der Waals surface area contributed by atoms with Crippen LogP contribution in [0.15, 0.2) is 115 Å². The van der Waals surface area contributed by atoms with E-state index in [1.165, 1.54) is 9.80 Å². The average molecular weight is 571 g/mol. The van der Waals surface area contributed by atoms with Gasteiger partial charge in [0.1, 0.15) is 0 Å². The Bertz CT molecular complexity index is 2310. The first kappa shape index (κ1) is 24.7. The quantitative estimate of drug-likeness (QED) is 0.121. The monoisotopic (exact) mass is 570 g/mol. The molecule has 0 aromatic heterocycles. The van der Waals surface area contributed by atoms with Crippen LogP contribution in [0.5, 0.6) is 0 Å². The maximum atomic E-state index is 14.0. The van der Waals surface area contributed by atoms with Crippen LogP contribution in [0, 0.1) is 5.92 Å². The Balaban J connectivity index is 1.31. The fourth-order valence-corrected chi connectivity index (χ4v) is 7.16. The third-order valence-corrected chi connectivity index (χ3v) is 9.16. The molecule has 44 heavy (non-hydrogen) atoms. The Morgan fingerprint density at radius 3 is 1.43 bits per heavy atom. The van der Waals surface area contributed by atoms with Gasteiger partial charge in [0.25, 0.3) is 23.6 Å². The Kier molecular flexibility index (Phi) is 4.82. The van der Waals surface area contributed by atoms with E-state index in [-0.39, 0.29) is 29.5 Å². The highest BCUT2D eigenvalue weighted by molar-refractivity contribution is 6.43. The van der Waals surface area contributed by atoms with Gasteiger partial charge < -0.3 is 0 Å². The fraction of sp³-hybridized carbons (Fsp3) is 0.0526. The van der Waals surface area contributed by atoms with Gasteiger partial charge in [0.15, 0.2) is 0 Å². The third-order valence-electron chi connectivity index (χ3n) is 9.16.